The summed E-state index contributed by atoms with van der Waals surface area (Å²) in [4.78, 5) is 9.29. The second-order valence-corrected chi connectivity index (χ2v) is 14.3. The molecule has 1 aliphatic rings. The molecule has 0 saturated carbocycles. The molecular formula is C23H40N2O4Si. The van der Waals surface area contributed by atoms with E-state index in [0.29, 0.717) is 39.0 Å². The maximum Gasteiger partial charge on any atom is 0.192 e. The molecule has 0 aliphatic heterocycles. The Morgan fingerprint density at radius 2 is 1.83 bits per heavy atom. The molecule has 0 bridgehead atoms. The number of rotatable bonds is 12. The Morgan fingerprint density at radius 3 is 2.50 bits per heavy atom. The molecule has 2 rings (SSSR count). The van der Waals surface area contributed by atoms with Crippen molar-refractivity contribution >= 4 is 13.9 Å². The number of aromatic nitrogens is 2. The molecular weight excluding hydrogens is 396 g/mol. The van der Waals surface area contributed by atoms with E-state index in [1.54, 1.807) is 7.11 Å². The summed E-state index contributed by atoms with van der Waals surface area (Å²) < 4.78 is 22.5. The molecule has 6 nitrogen and oxygen atoms in total. The molecule has 0 amide bonds. The highest BCUT2D eigenvalue weighted by atomic mass is 28.4. The second kappa shape index (κ2) is 12.1. The SMILES string of the molecule is COCCOCCOC[C@H]1CC=C(c2nccc(CO[Si](C)(C)C(C)(C)C)n2)CC1. The predicted octanol–water partition coefficient (Wildman–Crippen LogP) is 4.86. The topological polar surface area (TPSA) is 62.7 Å². The molecule has 0 fully saturated rings. The standard InChI is InChI=1S/C23H40N2O4Si/c1-23(2,3)30(5,6)29-18-21-11-12-24-22(25-21)20-9-7-19(8-10-20)17-28-16-15-27-14-13-26-4/h9,11-12,19H,7-8,10,13-18H2,1-6H3/t19-/m0/s1. The molecule has 0 radical (unpaired) electrons. The van der Waals surface area contributed by atoms with Gasteiger partial charge in [0.25, 0.3) is 0 Å². The fraction of sp³-hybridized carbons (Fsp3) is 0.739. The molecule has 1 aromatic rings. The first kappa shape index (κ1) is 25.1. The van der Waals surface area contributed by atoms with Crippen LogP contribution in [0, 0.1) is 5.92 Å². The monoisotopic (exact) mass is 436 g/mol. The van der Waals surface area contributed by atoms with Crippen molar-refractivity contribution in [2.45, 2.75) is 64.8 Å². The van der Waals surface area contributed by atoms with Gasteiger partial charge in [-0.15, -0.1) is 0 Å². The molecule has 0 N–H and O–H groups in total. The third kappa shape index (κ3) is 8.19. The van der Waals surface area contributed by atoms with E-state index >= 15 is 0 Å². The van der Waals surface area contributed by atoms with Crippen LogP contribution in [0.3, 0.4) is 0 Å². The zero-order valence-corrected chi connectivity index (χ0v) is 20.7. The summed E-state index contributed by atoms with van der Waals surface area (Å²) in [5, 5.41) is 0.196. The Bertz CT molecular complexity index is 673. The molecule has 1 atom stereocenters. The highest BCUT2D eigenvalue weighted by Gasteiger charge is 2.37. The predicted molar refractivity (Wildman–Crippen MR) is 123 cm³/mol. The van der Waals surface area contributed by atoms with Crippen molar-refractivity contribution in [1.29, 1.82) is 0 Å². The summed E-state index contributed by atoms with van der Waals surface area (Å²) in [7, 11) is -0.108. The van der Waals surface area contributed by atoms with Gasteiger partial charge in [0.1, 0.15) is 0 Å². The first-order valence-electron chi connectivity index (χ1n) is 11.0. The van der Waals surface area contributed by atoms with Crippen LogP contribution in [0.1, 0.15) is 51.6 Å². The van der Waals surface area contributed by atoms with Crippen molar-refractivity contribution in [3.63, 3.8) is 0 Å². The van der Waals surface area contributed by atoms with Crippen LogP contribution >= 0.6 is 0 Å². The Labute approximate surface area is 183 Å². The Balaban J connectivity index is 1.78. The van der Waals surface area contributed by atoms with Gasteiger partial charge in [0.05, 0.1) is 38.7 Å². The van der Waals surface area contributed by atoms with Gasteiger partial charge in [0.2, 0.25) is 0 Å². The van der Waals surface area contributed by atoms with Gasteiger partial charge in [-0.3, -0.25) is 0 Å². The maximum atomic E-state index is 6.32. The van der Waals surface area contributed by atoms with E-state index in [-0.39, 0.29) is 5.04 Å². The summed E-state index contributed by atoms with van der Waals surface area (Å²) in [5.74, 6) is 1.40. The molecule has 7 heteroatoms. The number of nitrogens with zero attached hydrogens (tertiary/aromatic N) is 2. The molecule has 1 aromatic heterocycles. The van der Waals surface area contributed by atoms with Crippen molar-refractivity contribution in [2.24, 2.45) is 5.92 Å². The first-order valence-corrected chi connectivity index (χ1v) is 13.9. The van der Waals surface area contributed by atoms with Crippen LogP contribution in [0.25, 0.3) is 5.57 Å². The van der Waals surface area contributed by atoms with Crippen LogP contribution in [0.4, 0.5) is 0 Å². The molecule has 1 aliphatic carbocycles. The minimum atomic E-state index is -1.78. The minimum absolute atomic E-state index is 0.196. The van der Waals surface area contributed by atoms with Crippen molar-refractivity contribution in [1.82, 2.24) is 9.97 Å². The second-order valence-electron chi connectivity index (χ2n) is 9.47. The van der Waals surface area contributed by atoms with Gasteiger partial charge in [0.15, 0.2) is 14.1 Å². The van der Waals surface area contributed by atoms with Gasteiger partial charge in [-0.25, -0.2) is 9.97 Å². The molecule has 0 spiro atoms. The van der Waals surface area contributed by atoms with Gasteiger partial charge in [-0.2, -0.15) is 0 Å². The molecule has 0 saturated heterocycles. The highest BCUT2D eigenvalue weighted by molar-refractivity contribution is 6.74. The molecule has 0 unspecified atom stereocenters. The fourth-order valence-corrected chi connectivity index (χ4v) is 3.90. The summed E-state index contributed by atoms with van der Waals surface area (Å²) in [5.41, 5.74) is 2.20. The van der Waals surface area contributed by atoms with Crippen molar-refractivity contribution in [3.05, 3.63) is 29.9 Å². The van der Waals surface area contributed by atoms with Crippen molar-refractivity contribution in [3.8, 4) is 0 Å². The Kier molecular flexibility index (Phi) is 10.1. The molecule has 170 valence electrons. The van der Waals surface area contributed by atoms with E-state index in [1.807, 2.05) is 12.3 Å². The largest absolute Gasteiger partial charge is 0.411 e. The summed E-state index contributed by atoms with van der Waals surface area (Å²) in [6.45, 7) is 15.1. The Morgan fingerprint density at radius 1 is 1.10 bits per heavy atom. The third-order valence-corrected chi connectivity index (χ3v) is 10.5. The lowest BCUT2D eigenvalue weighted by Crippen LogP contribution is -2.40. The van der Waals surface area contributed by atoms with Crippen LogP contribution in [0.5, 0.6) is 0 Å². The highest BCUT2D eigenvalue weighted by Crippen LogP contribution is 2.37. The average Bonchev–Trinajstić information content (AvgIpc) is 2.71. The number of allylic oxidation sites excluding steroid dienone is 2. The minimum Gasteiger partial charge on any atom is -0.411 e. The summed E-state index contributed by atoms with van der Waals surface area (Å²) >= 11 is 0. The number of hydrogen-bond acceptors (Lipinski definition) is 6. The van der Waals surface area contributed by atoms with E-state index in [2.05, 4.69) is 44.9 Å². The van der Waals surface area contributed by atoms with Crippen molar-refractivity contribution < 1.29 is 18.6 Å². The van der Waals surface area contributed by atoms with Gasteiger partial charge in [0, 0.05) is 19.9 Å². The van der Waals surface area contributed by atoms with Gasteiger partial charge < -0.3 is 18.6 Å². The van der Waals surface area contributed by atoms with Crippen LogP contribution < -0.4 is 0 Å². The molecule has 0 aromatic carbocycles. The van der Waals surface area contributed by atoms with Gasteiger partial charge >= 0.3 is 0 Å². The maximum absolute atomic E-state index is 6.32. The zero-order valence-electron chi connectivity index (χ0n) is 19.7. The van der Waals surface area contributed by atoms with Crippen LogP contribution in [-0.4, -0.2) is 58.4 Å². The van der Waals surface area contributed by atoms with Crippen LogP contribution in [-0.2, 0) is 25.2 Å². The number of ether oxygens (including phenoxy) is 3. The lowest BCUT2D eigenvalue weighted by atomic mass is 9.90. The fourth-order valence-electron chi connectivity index (χ4n) is 2.96. The van der Waals surface area contributed by atoms with E-state index in [9.17, 15) is 0 Å². The summed E-state index contributed by atoms with van der Waals surface area (Å²) in [6.07, 6.45) is 7.23. The van der Waals surface area contributed by atoms with Crippen LogP contribution in [0.2, 0.25) is 18.1 Å². The molecule has 30 heavy (non-hydrogen) atoms. The summed E-state index contributed by atoms with van der Waals surface area (Å²) in [6, 6.07) is 1.96. The van der Waals surface area contributed by atoms with Gasteiger partial charge in [-0.05, 0) is 55.0 Å². The van der Waals surface area contributed by atoms with E-state index in [0.717, 1.165) is 37.4 Å². The first-order chi connectivity index (χ1) is 14.2. The lowest BCUT2D eigenvalue weighted by Gasteiger charge is -2.36. The number of hydrogen-bond donors (Lipinski definition) is 0. The Hall–Kier alpha value is -1.12. The zero-order chi connectivity index (χ0) is 22.0. The van der Waals surface area contributed by atoms with Crippen LogP contribution in [0.15, 0.2) is 18.3 Å². The normalized spacial score (nSPS) is 17.8. The van der Waals surface area contributed by atoms with E-state index in [4.69, 9.17) is 23.6 Å². The number of methoxy groups -OCH3 is 1. The average molecular weight is 437 g/mol. The smallest absolute Gasteiger partial charge is 0.192 e. The lowest BCUT2D eigenvalue weighted by molar-refractivity contribution is 0.0148. The third-order valence-electron chi connectivity index (χ3n) is 6.06. The van der Waals surface area contributed by atoms with E-state index in [1.165, 1.54) is 5.57 Å². The van der Waals surface area contributed by atoms with Gasteiger partial charge in [-0.1, -0.05) is 26.8 Å². The van der Waals surface area contributed by atoms with E-state index < -0.39 is 8.32 Å². The quantitative estimate of drug-likeness (QED) is 0.344. The molecule has 1 heterocycles. The van der Waals surface area contributed by atoms with Crippen molar-refractivity contribution in [2.75, 3.05) is 40.1 Å².